The second-order valence-electron chi connectivity index (χ2n) is 10.6. The Labute approximate surface area is 219 Å². The molecule has 0 radical (unpaired) electrons. The minimum atomic E-state index is -0.934. The van der Waals surface area contributed by atoms with Gasteiger partial charge in [-0.15, -0.1) is 5.10 Å². The summed E-state index contributed by atoms with van der Waals surface area (Å²) in [6.45, 7) is 13.1. The fourth-order valence-electron chi connectivity index (χ4n) is 4.66. The highest BCUT2D eigenvalue weighted by molar-refractivity contribution is 6.09. The van der Waals surface area contributed by atoms with Gasteiger partial charge < -0.3 is 10.1 Å². The first kappa shape index (κ1) is 25.9. The molecule has 1 saturated heterocycles. The van der Waals surface area contributed by atoms with Crippen molar-refractivity contribution in [2.75, 3.05) is 31.6 Å². The summed E-state index contributed by atoms with van der Waals surface area (Å²) in [6, 6.07) is 6.76. The Kier molecular flexibility index (Phi) is 6.74. The molecule has 1 aliphatic heterocycles. The second-order valence-corrected chi connectivity index (χ2v) is 10.6. The molecule has 0 atom stereocenters. The van der Waals surface area contributed by atoms with Crippen molar-refractivity contribution in [3.8, 4) is 0 Å². The van der Waals surface area contributed by atoms with Crippen LogP contribution in [-0.2, 0) is 16.8 Å². The number of carbonyl (C=O) groups is 1. The zero-order chi connectivity index (χ0) is 27.2. The van der Waals surface area contributed by atoms with E-state index in [2.05, 4.69) is 41.1 Å². The highest BCUT2D eigenvalue weighted by atomic mass is 19.1. The van der Waals surface area contributed by atoms with Gasteiger partial charge >= 0.3 is 0 Å². The third-order valence-electron chi connectivity index (χ3n) is 6.45. The van der Waals surface area contributed by atoms with E-state index in [1.54, 1.807) is 6.92 Å². The number of aryl methyl sites for hydroxylation is 2. The maximum Gasteiger partial charge on any atom is 0.216 e. The molecule has 4 aromatic rings. The van der Waals surface area contributed by atoms with E-state index < -0.39 is 17.4 Å². The van der Waals surface area contributed by atoms with E-state index in [0.717, 1.165) is 42.3 Å². The Bertz CT molecular complexity index is 1510. The number of hydrogen-bond donors (Lipinski definition) is 1. The molecule has 5 rings (SSSR count). The number of fused-ring (bicyclic) bond motifs is 1. The maximum absolute atomic E-state index is 14.6. The van der Waals surface area contributed by atoms with Crippen LogP contribution in [0.4, 0.5) is 20.4 Å². The molecule has 0 amide bonds. The van der Waals surface area contributed by atoms with Crippen molar-refractivity contribution in [1.29, 1.82) is 0 Å². The number of nitrogens with zero attached hydrogens (tertiary/aromatic N) is 6. The van der Waals surface area contributed by atoms with E-state index in [0.29, 0.717) is 43.0 Å². The number of rotatable bonds is 6. The van der Waals surface area contributed by atoms with E-state index in [4.69, 9.17) is 9.84 Å². The molecule has 11 heteroatoms. The van der Waals surface area contributed by atoms with Gasteiger partial charge in [-0.05, 0) is 52.8 Å². The number of benzene rings is 1. The Hall–Kier alpha value is -3.70. The van der Waals surface area contributed by atoms with Gasteiger partial charge in [-0.1, -0.05) is 0 Å². The highest BCUT2D eigenvalue weighted by Gasteiger charge is 2.26. The lowest BCUT2D eigenvalue weighted by Gasteiger charge is -2.27. The Morgan fingerprint density at radius 3 is 2.50 bits per heavy atom. The van der Waals surface area contributed by atoms with Crippen LogP contribution in [0.2, 0.25) is 0 Å². The molecule has 1 aromatic carbocycles. The van der Waals surface area contributed by atoms with E-state index in [1.807, 2.05) is 23.7 Å². The van der Waals surface area contributed by atoms with Crippen LogP contribution in [0, 0.1) is 25.5 Å². The summed E-state index contributed by atoms with van der Waals surface area (Å²) in [5.41, 5.74) is 2.20. The summed E-state index contributed by atoms with van der Waals surface area (Å²) >= 11 is 0. The summed E-state index contributed by atoms with van der Waals surface area (Å²) in [7, 11) is 0. The molecule has 1 N–H and O–H groups in total. The van der Waals surface area contributed by atoms with Crippen molar-refractivity contribution in [1.82, 2.24) is 29.3 Å². The number of carbonyl (C=O) groups excluding carboxylic acids is 1. The maximum atomic E-state index is 14.6. The fraction of sp³-hybridized carbons (Fsp3) is 0.407. The number of nitrogens with one attached hydrogen (secondary N) is 1. The van der Waals surface area contributed by atoms with Crippen molar-refractivity contribution in [2.45, 2.75) is 46.7 Å². The molecule has 1 aliphatic rings. The van der Waals surface area contributed by atoms with Crippen LogP contribution >= 0.6 is 0 Å². The van der Waals surface area contributed by atoms with Gasteiger partial charge in [0.15, 0.2) is 11.5 Å². The first-order chi connectivity index (χ1) is 18.0. The zero-order valence-corrected chi connectivity index (χ0v) is 22.2. The van der Waals surface area contributed by atoms with Crippen molar-refractivity contribution in [3.63, 3.8) is 0 Å². The largest absolute Gasteiger partial charge is 0.379 e. The molecule has 0 aliphatic carbocycles. The number of imidazole rings is 1. The van der Waals surface area contributed by atoms with Crippen molar-refractivity contribution >= 4 is 23.1 Å². The number of hydrogen-bond acceptors (Lipinski definition) is 7. The molecule has 0 bridgehead atoms. The molecule has 0 spiro atoms. The average molecular weight is 524 g/mol. The van der Waals surface area contributed by atoms with E-state index in [-0.39, 0.29) is 16.8 Å². The number of ketones is 1. The van der Waals surface area contributed by atoms with Crippen molar-refractivity contribution in [2.24, 2.45) is 0 Å². The summed E-state index contributed by atoms with van der Waals surface area (Å²) in [4.78, 5) is 20.4. The summed E-state index contributed by atoms with van der Waals surface area (Å²) in [5.74, 6) is -1.08. The number of halogens is 2. The number of aromatic nitrogens is 5. The van der Waals surface area contributed by atoms with Crippen LogP contribution in [0.5, 0.6) is 0 Å². The molecule has 3 aromatic heterocycles. The first-order valence-corrected chi connectivity index (χ1v) is 12.5. The minimum absolute atomic E-state index is 0.123. The monoisotopic (exact) mass is 523 g/mol. The lowest BCUT2D eigenvalue weighted by molar-refractivity contribution is 0.0343. The lowest BCUT2D eigenvalue weighted by Crippen LogP contribution is -2.35. The van der Waals surface area contributed by atoms with Gasteiger partial charge in [-0.2, -0.15) is 5.10 Å². The van der Waals surface area contributed by atoms with E-state index >= 15 is 0 Å². The van der Waals surface area contributed by atoms with Crippen LogP contribution in [-0.4, -0.2) is 61.4 Å². The minimum Gasteiger partial charge on any atom is -0.379 e. The van der Waals surface area contributed by atoms with Crippen LogP contribution in [0.25, 0.3) is 5.65 Å². The molecule has 0 saturated carbocycles. The van der Waals surface area contributed by atoms with Crippen LogP contribution in [0.1, 0.15) is 53.8 Å². The van der Waals surface area contributed by atoms with Gasteiger partial charge in [0.05, 0.1) is 35.7 Å². The zero-order valence-electron chi connectivity index (χ0n) is 22.2. The molecule has 38 heavy (non-hydrogen) atoms. The molecule has 4 heterocycles. The van der Waals surface area contributed by atoms with Gasteiger partial charge in [-0.3, -0.25) is 9.69 Å². The van der Waals surface area contributed by atoms with Gasteiger partial charge in [0.1, 0.15) is 23.1 Å². The summed E-state index contributed by atoms with van der Waals surface area (Å²) in [5, 5.41) is 12.7. The van der Waals surface area contributed by atoms with E-state index in [1.165, 1.54) is 4.52 Å². The predicted octanol–water partition coefficient (Wildman–Crippen LogP) is 4.38. The number of anilines is 2. The van der Waals surface area contributed by atoms with Gasteiger partial charge in [0.25, 0.3) is 0 Å². The van der Waals surface area contributed by atoms with Crippen LogP contribution < -0.4 is 5.32 Å². The third kappa shape index (κ3) is 5.03. The lowest BCUT2D eigenvalue weighted by atomic mass is 10.1. The van der Waals surface area contributed by atoms with Crippen molar-refractivity contribution < 1.29 is 18.3 Å². The standard InChI is InChI=1S/C27H31F2N7O2/c1-16-12-23(36(32-16)27(3,4)5)31-22-13-18(15-34-8-10-38-11-9-34)26-30-17(2)24(35(26)33-22)25(37)20-7-6-19(28)14-21(20)29/h6-7,12-14H,8-11,15H2,1-5H3,(H,31,33). The van der Waals surface area contributed by atoms with Crippen LogP contribution in [0.3, 0.4) is 0 Å². The first-order valence-electron chi connectivity index (χ1n) is 12.5. The highest BCUT2D eigenvalue weighted by Crippen LogP contribution is 2.27. The molecular weight excluding hydrogens is 492 g/mol. The Balaban J connectivity index is 1.64. The van der Waals surface area contributed by atoms with Crippen molar-refractivity contribution in [3.05, 3.63) is 70.2 Å². The quantitative estimate of drug-likeness (QED) is 0.375. The molecule has 9 nitrogen and oxygen atoms in total. The summed E-state index contributed by atoms with van der Waals surface area (Å²) < 4.78 is 37.0. The van der Waals surface area contributed by atoms with Gasteiger partial charge in [-0.25, -0.2) is 23.0 Å². The second kappa shape index (κ2) is 9.88. The Morgan fingerprint density at radius 2 is 1.82 bits per heavy atom. The third-order valence-corrected chi connectivity index (χ3v) is 6.45. The topological polar surface area (TPSA) is 89.6 Å². The average Bonchev–Trinajstić information content (AvgIpc) is 3.38. The molecule has 1 fully saturated rings. The molecule has 0 unspecified atom stereocenters. The van der Waals surface area contributed by atoms with E-state index in [9.17, 15) is 13.6 Å². The molecule has 200 valence electrons. The fourth-order valence-corrected chi connectivity index (χ4v) is 4.66. The smallest absolute Gasteiger partial charge is 0.216 e. The normalized spacial score (nSPS) is 14.8. The van der Waals surface area contributed by atoms with Crippen LogP contribution in [0.15, 0.2) is 30.3 Å². The predicted molar refractivity (Wildman–Crippen MR) is 139 cm³/mol. The summed E-state index contributed by atoms with van der Waals surface area (Å²) in [6.07, 6.45) is 0. The SMILES string of the molecule is Cc1cc(Nc2cc(CN3CCOCC3)c3nc(C)c(C(=O)c4ccc(F)cc4F)n3n2)n(C(C)(C)C)n1. The van der Waals surface area contributed by atoms with Gasteiger partial charge in [0.2, 0.25) is 5.78 Å². The Morgan fingerprint density at radius 1 is 1.08 bits per heavy atom. The van der Waals surface area contributed by atoms with Gasteiger partial charge in [0, 0.05) is 37.3 Å². The molecular formula is C27H31F2N7O2. The number of ether oxygens (including phenoxy) is 1. The number of morpholine rings is 1.